The number of nitrogens with one attached hydrogen (secondary N) is 2. The summed E-state index contributed by atoms with van der Waals surface area (Å²) < 4.78 is 5.76. The van der Waals surface area contributed by atoms with E-state index in [1.165, 1.54) is 0 Å². The van der Waals surface area contributed by atoms with E-state index in [0.717, 1.165) is 72.9 Å². The minimum atomic E-state index is -0.206. The summed E-state index contributed by atoms with van der Waals surface area (Å²) in [6, 6.07) is 13.6. The van der Waals surface area contributed by atoms with Crippen molar-refractivity contribution in [1.29, 1.82) is 0 Å². The molecule has 0 atom stereocenters. The summed E-state index contributed by atoms with van der Waals surface area (Å²) in [6.45, 7) is 7.53. The molecule has 4 aromatic heterocycles. The lowest BCUT2D eigenvalue weighted by Gasteiger charge is -2.26. The van der Waals surface area contributed by atoms with E-state index >= 15 is 0 Å². The van der Waals surface area contributed by atoms with Crippen molar-refractivity contribution in [1.82, 2.24) is 39.2 Å². The topological polar surface area (TPSA) is 97.3 Å². The molecule has 0 saturated carbocycles. The second-order valence-electron chi connectivity index (χ2n) is 9.04. The van der Waals surface area contributed by atoms with Gasteiger partial charge in [-0.05, 0) is 36.8 Å². The summed E-state index contributed by atoms with van der Waals surface area (Å²) in [5.41, 5.74) is 4.84. The predicted octanol–water partition coefficient (Wildman–Crippen LogP) is 2.61. The van der Waals surface area contributed by atoms with Crippen LogP contribution in [0, 0.1) is 0 Å². The third-order valence-corrected chi connectivity index (χ3v) is 6.65. The van der Waals surface area contributed by atoms with Gasteiger partial charge in [-0.1, -0.05) is 19.1 Å². The van der Waals surface area contributed by atoms with Crippen LogP contribution in [0.3, 0.4) is 0 Å². The van der Waals surface area contributed by atoms with Crippen LogP contribution in [-0.2, 0) is 19.6 Å². The van der Waals surface area contributed by atoms with Crippen LogP contribution in [-0.4, -0.2) is 65.9 Å². The van der Waals surface area contributed by atoms with Gasteiger partial charge in [0, 0.05) is 44.0 Å². The molecule has 36 heavy (non-hydrogen) atoms. The SMILES string of the molecule is CCc1nn(Cc2ccn(CN3CCNCC3)n2)c2cccc(NC(=O)c3cnc4ccccn34)c12. The standard InChI is InChI=1S/C26H29N9O/c1-2-20-25-21(29-26(36)23-16-28-24-8-3-4-12-34(23)24)6-5-7-22(25)35(31-20)17-19-9-13-33(30-19)18-32-14-10-27-11-15-32/h3-9,12-13,16,27H,2,10-11,14-15,17-18H2,1H3,(H,29,36). The molecule has 0 bridgehead atoms. The smallest absolute Gasteiger partial charge is 0.274 e. The number of aryl methyl sites for hydroxylation is 1. The Kier molecular flexibility index (Phi) is 5.96. The van der Waals surface area contributed by atoms with E-state index in [4.69, 9.17) is 10.2 Å². The van der Waals surface area contributed by atoms with Crippen molar-refractivity contribution in [2.24, 2.45) is 0 Å². The van der Waals surface area contributed by atoms with Crippen molar-refractivity contribution in [2.75, 3.05) is 31.5 Å². The van der Waals surface area contributed by atoms with E-state index in [1.807, 2.05) is 58.2 Å². The second-order valence-corrected chi connectivity index (χ2v) is 9.04. The van der Waals surface area contributed by atoms with E-state index < -0.39 is 0 Å². The first kappa shape index (κ1) is 22.4. The Hall–Kier alpha value is -4.02. The van der Waals surface area contributed by atoms with Crippen LogP contribution in [0.1, 0.15) is 28.8 Å². The molecule has 6 rings (SSSR count). The molecule has 5 aromatic rings. The van der Waals surface area contributed by atoms with Crippen LogP contribution in [0.15, 0.2) is 61.1 Å². The third kappa shape index (κ3) is 4.25. The number of piperazine rings is 1. The van der Waals surface area contributed by atoms with Crippen LogP contribution in [0.2, 0.25) is 0 Å². The molecule has 1 aromatic carbocycles. The Morgan fingerprint density at radius 1 is 1.06 bits per heavy atom. The molecule has 1 amide bonds. The molecular formula is C26H29N9O. The Morgan fingerprint density at radius 2 is 1.94 bits per heavy atom. The van der Waals surface area contributed by atoms with Crippen LogP contribution >= 0.6 is 0 Å². The van der Waals surface area contributed by atoms with Gasteiger partial charge in [-0.25, -0.2) is 4.98 Å². The molecule has 10 nitrogen and oxygen atoms in total. The molecule has 0 spiro atoms. The molecule has 5 heterocycles. The Labute approximate surface area is 208 Å². The number of hydrogen-bond donors (Lipinski definition) is 2. The maximum absolute atomic E-state index is 13.2. The van der Waals surface area contributed by atoms with Gasteiger partial charge in [-0.2, -0.15) is 10.2 Å². The van der Waals surface area contributed by atoms with E-state index in [2.05, 4.69) is 33.5 Å². The van der Waals surface area contributed by atoms with Gasteiger partial charge in [-0.15, -0.1) is 0 Å². The summed E-state index contributed by atoms with van der Waals surface area (Å²) in [6.07, 6.45) is 6.23. The molecule has 0 radical (unpaired) electrons. The van der Waals surface area contributed by atoms with Crippen LogP contribution in [0.25, 0.3) is 16.6 Å². The molecule has 1 fully saturated rings. The molecule has 1 saturated heterocycles. The zero-order valence-electron chi connectivity index (χ0n) is 20.3. The zero-order valence-corrected chi connectivity index (χ0v) is 20.3. The number of pyridine rings is 1. The van der Waals surface area contributed by atoms with Gasteiger partial charge >= 0.3 is 0 Å². The third-order valence-electron chi connectivity index (χ3n) is 6.65. The second kappa shape index (κ2) is 9.56. The average molecular weight is 484 g/mol. The minimum absolute atomic E-state index is 0.206. The van der Waals surface area contributed by atoms with Gasteiger partial charge in [0.15, 0.2) is 0 Å². The number of hydrogen-bond acceptors (Lipinski definition) is 6. The van der Waals surface area contributed by atoms with Crippen LogP contribution < -0.4 is 10.6 Å². The monoisotopic (exact) mass is 483 g/mol. The largest absolute Gasteiger partial charge is 0.320 e. The number of rotatable bonds is 7. The number of fused-ring (bicyclic) bond motifs is 2. The van der Waals surface area contributed by atoms with Gasteiger partial charge in [0.05, 0.1) is 42.0 Å². The van der Waals surface area contributed by atoms with Crippen molar-refractivity contribution >= 4 is 28.1 Å². The van der Waals surface area contributed by atoms with Crippen molar-refractivity contribution in [3.63, 3.8) is 0 Å². The zero-order chi connectivity index (χ0) is 24.5. The lowest BCUT2D eigenvalue weighted by atomic mass is 10.1. The van der Waals surface area contributed by atoms with E-state index in [1.54, 1.807) is 10.6 Å². The summed E-state index contributed by atoms with van der Waals surface area (Å²) in [5, 5.41) is 17.1. The van der Waals surface area contributed by atoms with Crippen LogP contribution in [0.4, 0.5) is 5.69 Å². The highest BCUT2D eigenvalue weighted by molar-refractivity contribution is 6.08. The van der Waals surface area contributed by atoms with Crippen molar-refractivity contribution in [2.45, 2.75) is 26.6 Å². The van der Waals surface area contributed by atoms with Gasteiger partial charge < -0.3 is 10.6 Å². The molecule has 10 heteroatoms. The summed E-state index contributed by atoms with van der Waals surface area (Å²) in [5.74, 6) is -0.206. The molecule has 184 valence electrons. The van der Waals surface area contributed by atoms with Gasteiger partial charge in [0.1, 0.15) is 11.3 Å². The van der Waals surface area contributed by atoms with Gasteiger partial charge in [-0.3, -0.25) is 23.5 Å². The molecule has 2 N–H and O–H groups in total. The maximum Gasteiger partial charge on any atom is 0.274 e. The number of imidazole rings is 1. The van der Waals surface area contributed by atoms with Gasteiger partial charge in [0.2, 0.25) is 0 Å². The fraction of sp³-hybridized carbons (Fsp3) is 0.308. The first-order chi connectivity index (χ1) is 17.7. The first-order valence-corrected chi connectivity index (χ1v) is 12.4. The molecule has 1 aliphatic heterocycles. The van der Waals surface area contributed by atoms with Crippen molar-refractivity contribution in [3.05, 3.63) is 78.1 Å². The van der Waals surface area contributed by atoms with Crippen LogP contribution in [0.5, 0.6) is 0 Å². The van der Waals surface area contributed by atoms with Crippen molar-refractivity contribution in [3.8, 4) is 0 Å². The first-order valence-electron chi connectivity index (χ1n) is 12.4. The Balaban J connectivity index is 1.26. The summed E-state index contributed by atoms with van der Waals surface area (Å²) in [4.78, 5) is 19.9. The summed E-state index contributed by atoms with van der Waals surface area (Å²) in [7, 11) is 0. The van der Waals surface area contributed by atoms with Crippen molar-refractivity contribution < 1.29 is 4.79 Å². The fourth-order valence-electron chi connectivity index (χ4n) is 4.84. The Morgan fingerprint density at radius 3 is 2.81 bits per heavy atom. The number of aromatic nitrogens is 6. The number of carbonyl (C=O) groups is 1. The highest BCUT2D eigenvalue weighted by Gasteiger charge is 2.18. The predicted molar refractivity (Wildman–Crippen MR) is 138 cm³/mol. The lowest BCUT2D eigenvalue weighted by molar-refractivity contribution is 0.102. The number of benzene rings is 1. The number of nitrogens with zero attached hydrogens (tertiary/aromatic N) is 7. The molecule has 0 unspecified atom stereocenters. The minimum Gasteiger partial charge on any atom is -0.320 e. The normalized spacial score (nSPS) is 14.6. The average Bonchev–Trinajstić information content (AvgIpc) is 3.62. The van der Waals surface area contributed by atoms with Gasteiger partial charge in [0.25, 0.3) is 5.91 Å². The summed E-state index contributed by atoms with van der Waals surface area (Å²) >= 11 is 0. The highest BCUT2D eigenvalue weighted by Crippen LogP contribution is 2.28. The number of carbonyl (C=O) groups excluding carboxylic acids is 1. The van der Waals surface area contributed by atoms with E-state index in [0.29, 0.717) is 12.2 Å². The maximum atomic E-state index is 13.2. The van der Waals surface area contributed by atoms with E-state index in [-0.39, 0.29) is 5.91 Å². The Bertz CT molecular complexity index is 1520. The molecular weight excluding hydrogens is 454 g/mol. The fourth-order valence-corrected chi connectivity index (χ4v) is 4.84. The lowest BCUT2D eigenvalue weighted by Crippen LogP contribution is -2.44. The van der Waals surface area contributed by atoms with E-state index in [9.17, 15) is 4.79 Å². The number of amides is 1. The molecule has 0 aliphatic carbocycles. The quantitative estimate of drug-likeness (QED) is 0.369. The highest BCUT2D eigenvalue weighted by atomic mass is 16.2. The molecule has 1 aliphatic rings. The number of anilines is 1.